The van der Waals surface area contributed by atoms with Crippen LogP contribution in [0.3, 0.4) is 0 Å². The van der Waals surface area contributed by atoms with Gasteiger partial charge in [-0.3, -0.25) is 14.5 Å². The van der Waals surface area contributed by atoms with Crippen LogP contribution < -0.4 is 0 Å². The van der Waals surface area contributed by atoms with Crippen molar-refractivity contribution < 1.29 is 9.59 Å². The van der Waals surface area contributed by atoms with Crippen molar-refractivity contribution in [1.82, 2.24) is 4.90 Å². The summed E-state index contributed by atoms with van der Waals surface area (Å²) in [5.74, 6) is 0.567. The molecule has 2 amide bonds. The monoisotopic (exact) mass is 351 g/mol. The fourth-order valence-corrected chi connectivity index (χ4v) is 3.31. The summed E-state index contributed by atoms with van der Waals surface area (Å²) in [7, 11) is 0. The highest BCUT2D eigenvalue weighted by molar-refractivity contribution is 14.1. The highest BCUT2D eigenvalue weighted by Gasteiger charge is 2.52. The number of rotatable bonds is 3. The zero-order valence-corrected chi connectivity index (χ0v) is 13.4. The molecule has 4 heteroatoms. The summed E-state index contributed by atoms with van der Waals surface area (Å²) in [6.45, 7) is 10.3. The van der Waals surface area contributed by atoms with Crippen molar-refractivity contribution in [1.29, 1.82) is 0 Å². The van der Waals surface area contributed by atoms with E-state index in [1.807, 2.05) is 6.92 Å². The molecule has 1 rings (SSSR count). The largest absolute Gasteiger partial charge is 0.275 e. The summed E-state index contributed by atoms with van der Waals surface area (Å²) in [6, 6.07) is 0. The number of hydrogen-bond donors (Lipinski definition) is 0. The second-order valence-electron chi connectivity index (χ2n) is 5.48. The summed E-state index contributed by atoms with van der Waals surface area (Å²) in [6.07, 6.45) is 1.31. The SMILES string of the molecule is CC(I)C(=O)N1C(=O)CCC1(C(C)C)C(C)C. The Bertz CT molecular complexity index is 315. The highest BCUT2D eigenvalue weighted by Crippen LogP contribution is 2.43. The maximum absolute atomic E-state index is 12.3. The molecule has 0 radical (unpaired) electrons. The van der Waals surface area contributed by atoms with E-state index in [-0.39, 0.29) is 21.3 Å². The van der Waals surface area contributed by atoms with Crippen LogP contribution in [0.4, 0.5) is 0 Å². The molecule has 1 fully saturated rings. The van der Waals surface area contributed by atoms with E-state index in [0.29, 0.717) is 18.3 Å². The molecular formula is C13H22INO2. The van der Waals surface area contributed by atoms with Crippen molar-refractivity contribution >= 4 is 34.4 Å². The number of halogens is 1. The molecule has 98 valence electrons. The Morgan fingerprint density at radius 3 is 2.06 bits per heavy atom. The van der Waals surface area contributed by atoms with Gasteiger partial charge in [0.15, 0.2) is 0 Å². The van der Waals surface area contributed by atoms with Crippen LogP contribution in [0.5, 0.6) is 0 Å². The first-order chi connectivity index (χ1) is 7.75. The maximum atomic E-state index is 12.3. The van der Waals surface area contributed by atoms with E-state index in [2.05, 4.69) is 50.3 Å². The van der Waals surface area contributed by atoms with Gasteiger partial charge >= 0.3 is 0 Å². The highest BCUT2D eigenvalue weighted by atomic mass is 127. The summed E-state index contributed by atoms with van der Waals surface area (Å²) in [4.78, 5) is 25.9. The standard InChI is InChI=1S/C13H22INO2/c1-8(2)13(9(3)4)7-6-11(16)15(13)12(17)10(5)14/h8-10H,6-7H2,1-5H3. The number of amides is 2. The number of nitrogens with zero attached hydrogens (tertiary/aromatic N) is 1. The Morgan fingerprint density at radius 2 is 1.71 bits per heavy atom. The molecule has 0 aromatic carbocycles. The molecule has 0 saturated carbocycles. The van der Waals surface area contributed by atoms with Crippen molar-refractivity contribution in [2.75, 3.05) is 0 Å². The van der Waals surface area contributed by atoms with E-state index in [1.54, 1.807) is 4.90 Å². The topological polar surface area (TPSA) is 37.4 Å². The number of carbonyl (C=O) groups excluding carboxylic acids is 2. The number of imide groups is 1. The van der Waals surface area contributed by atoms with Gasteiger partial charge in [0, 0.05) is 6.42 Å². The minimum absolute atomic E-state index is 0.000848. The third-order valence-electron chi connectivity index (χ3n) is 3.97. The van der Waals surface area contributed by atoms with Gasteiger partial charge in [0.1, 0.15) is 0 Å². The van der Waals surface area contributed by atoms with Gasteiger partial charge in [0.25, 0.3) is 0 Å². The van der Waals surface area contributed by atoms with E-state index >= 15 is 0 Å². The third kappa shape index (κ3) is 2.37. The second kappa shape index (κ2) is 5.24. The molecule has 1 heterocycles. The third-order valence-corrected chi connectivity index (χ3v) is 4.50. The normalized spacial score (nSPS) is 21.4. The predicted octanol–water partition coefficient (Wildman–Crippen LogP) is 3.01. The van der Waals surface area contributed by atoms with E-state index < -0.39 is 0 Å². The number of hydrogen-bond acceptors (Lipinski definition) is 2. The summed E-state index contributed by atoms with van der Waals surface area (Å²) >= 11 is 2.09. The van der Waals surface area contributed by atoms with Crippen molar-refractivity contribution in [3.63, 3.8) is 0 Å². The zero-order valence-electron chi connectivity index (χ0n) is 11.3. The Morgan fingerprint density at radius 1 is 1.24 bits per heavy atom. The van der Waals surface area contributed by atoms with Crippen LogP contribution in [-0.4, -0.2) is 26.2 Å². The average Bonchev–Trinajstić information content (AvgIpc) is 2.55. The van der Waals surface area contributed by atoms with Crippen molar-refractivity contribution in [2.45, 2.75) is 56.9 Å². The lowest BCUT2D eigenvalue weighted by Gasteiger charge is -2.44. The van der Waals surface area contributed by atoms with E-state index in [4.69, 9.17) is 0 Å². The lowest BCUT2D eigenvalue weighted by Crippen LogP contribution is -2.57. The zero-order chi connectivity index (χ0) is 13.4. The molecule has 1 aliphatic heterocycles. The first-order valence-corrected chi connectivity index (χ1v) is 7.50. The minimum atomic E-state index is -0.284. The van der Waals surface area contributed by atoms with Gasteiger partial charge in [-0.1, -0.05) is 50.3 Å². The summed E-state index contributed by atoms with van der Waals surface area (Å²) in [5.41, 5.74) is -0.284. The van der Waals surface area contributed by atoms with Crippen LogP contribution in [0.25, 0.3) is 0 Å². The first kappa shape index (κ1) is 14.9. The van der Waals surface area contributed by atoms with Crippen LogP contribution >= 0.6 is 22.6 Å². The lowest BCUT2D eigenvalue weighted by molar-refractivity contribution is -0.150. The number of alkyl halides is 1. The molecule has 1 unspecified atom stereocenters. The van der Waals surface area contributed by atoms with Crippen LogP contribution in [0.2, 0.25) is 0 Å². The van der Waals surface area contributed by atoms with Crippen LogP contribution in [0.1, 0.15) is 47.5 Å². The summed E-state index contributed by atoms with van der Waals surface area (Å²) < 4.78 is -0.147. The Labute approximate surface area is 117 Å². The fourth-order valence-electron chi connectivity index (χ4n) is 3.03. The molecule has 3 nitrogen and oxygen atoms in total. The van der Waals surface area contributed by atoms with E-state index in [1.165, 1.54) is 0 Å². The van der Waals surface area contributed by atoms with E-state index in [0.717, 1.165) is 6.42 Å². The van der Waals surface area contributed by atoms with Crippen LogP contribution in [-0.2, 0) is 9.59 Å². The van der Waals surface area contributed by atoms with Gasteiger partial charge < -0.3 is 0 Å². The van der Waals surface area contributed by atoms with Crippen molar-refractivity contribution in [2.24, 2.45) is 11.8 Å². The molecule has 0 aromatic rings. The summed E-state index contributed by atoms with van der Waals surface area (Å²) in [5, 5.41) is 0. The molecule has 0 N–H and O–H groups in total. The fraction of sp³-hybridized carbons (Fsp3) is 0.846. The van der Waals surface area contributed by atoms with Gasteiger partial charge in [-0.15, -0.1) is 0 Å². The average molecular weight is 351 g/mol. The van der Waals surface area contributed by atoms with Gasteiger partial charge in [-0.25, -0.2) is 0 Å². The van der Waals surface area contributed by atoms with Crippen LogP contribution in [0, 0.1) is 11.8 Å². The molecule has 17 heavy (non-hydrogen) atoms. The number of likely N-dealkylation sites (tertiary alicyclic amines) is 1. The quantitative estimate of drug-likeness (QED) is 0.579. The maximum Gasteiger partial charge on any atom is 0.242 e. The molecule has 1 aliphatic rings. The number of carbonyl (C=O) groups is 2. The van der Waals surface area contributed by atoms with Gasteiger partial charge in [0.2, 0.25) is 11.8 Å². The molecule has 0 spiro atoms. The molecule has 1 atom stereocenters. The lowest BCUT2D eigenvalue weighted by atomic mass is 9.75. The van der Waals surface area contributed by atoms with Gasteiger partial charge in [-0.05, 0) is 25.2 Å². The molecule has 1 saturated heterocycles. The predicted molar refractivity (Wildman–Crippen MR) is 77.0 cm³/mol. The van der Waals surface area contributed by atoms with Gasteiger partial charge in [-0.2, -0.15) is 0 Å². The van der Waals surface area contributed by atoms with Crippen LogP contribution in [0.15, 0.2) is 0 Å². The van der Waals surface area contributed by atoms with Crippen molar-refractivity contribution in [3.05, 3.63) is 0 Å². The minimum Gasteiger partial charge on any atom is -0.275 e. The Hall–Kier alpha value is -0.130. The molecule has 0 aromatic heterocycles. The van der Waals surface area contributed by atoms with Crippen molar-refractivity contribution in [3.8, 4) is 0 Å². The first-order valence-electron chi connectivity index (χ1n) is 6.26. The molecule has 0 bridgehead atoms. The Kier molecular flexibility index (Phi) is 4.60. The Balaban J connectivity index is 3.21. The second-order valence-corrected chi connectivity index (χ2v) is 7.35. The van der Waals surface area contributed by atoms with E-state index in [9.17, 15) is 9.59 Å². The smallest absolute Gasteiger partial charge is 0.242 e. The van der Waals surface area contributed by atoms with Gasteiger partial charge in [0.05, 0.1) is 9.46 Å². The molecular weight excluding hydrogens is 329 g/mol. The molecule has 0 aliphatic carbocycles.